The first-order valence-corrected chi connectivity index (χ1v) is 4.93. The van der Waals surface area contributed by atoms with E-state index < -0.39 is 0 Å². The summed E-state index contributed by atoms with van der Waals surface area (Å²) in [5.41, 5.74) is 2.43. The lowest BCUT2D eigenvalue weighted by Crippen LogP contribution is -2.47. The van der Waals surface area contributed by atoms with Gasteiger partial charge in [-0.25, -0.2) is 0 Å². The van der Waals surface area contributed by atoms with Gasteiger partial charge >= 0.3 is 0 Å². The molecule has 1 aliphatic heterocycles. The second-order valence-corrected chi connectivity index (χ2v) is 4.52. The van der Waals surface area contributed by atoms with Crippen LogP contribution in [-0.2, 0) is 11.2 Å². The molecule has 1 aromatic carbocycles. The first kappa shape index (κ1) is 9.41. The zero-order valence-electron chi connectivity index (χ0n) is 8.58. The number of benzene rings is 1. The monoisotopic (exact) mass is 189 g/mol. The highest BCUT2D eigenvalue weighted by molar-refractivity contribution is 5.64. The third-order valence-corrected chi connectivity index (χ3v) is 2.70. The van der Waals surface area contributed by atoms with Crippen LogP contribution in [0.4, 0.5) is 0 Å². The Balaban J connectivity index is 2.46. The highest BCUT2D eigenvalue weighted by atomic mass is 16.1. The van der Waals surface area contributed by atoms with Crippen LogP contribution in [0, 0.1) is 0 Å². The smallest absolute Gasteiger partial charge is 0.141 e. The van der Waals surface area contributed by atoms with Crippen molar-refractivity contribution in [2.24, 2.45) is 0 Å². The molecule has 0 aliphatic carbocycles. The molecular formula is C12H15NO. The molecule has 1 unspecified atom stereocenters. The summed E-state index contributed by atoms with van der Waals surface area (Å²) < 4.78 is 0. The van der Waals surface area contributed by atoms with Gasteiger partial charge in [0.25, 0.3) is 0 Å². The predicted molar refractivity (Wildman–Crippen MR) is 56.2 cm³/mol. The zero-order chi connectivity index (χ0) is 10.2. The van der Waals surface area contributed by atoms with E-state index in [0.717, 1.165) is 18.3 Å². The van der Waals surface area contributed by atoms with Crippen molar-refractivity contribution in [2.45, 2.75) is 31.8 Å². The summed E-state index contributed by atoms with van der Waals surface area (Å²) in [6, 6.07) is 8.00. The van der Waals surface area contributed by atoms with Gasteiger partial charge in [0.2, 0.25) is 0 Å². The van der Waals surface area contributed by atoms with Gasteiger partial charge in [-0.05, 0) is 31.4 Å². The van der Waals surface area contributed by atoms with Gasteiger partial charge in [0.1, 0.15) is 6.29 Å². The number of nitrogens with one attached hydrogen (secondary N) is 1. The van der Waals surface area contributed by atoms with Crippen molar-refractivity contribution in [1.29, 1.82) is 0 Å². The van der Waals surface area contributed by atoms with E-state index in [1.165, 1.54) is 5.56 Å². The van der Waals surface area contributed by atoms with Gasteiger partial charge in [0.15, 0.2) is 0 Å². The number of fused-ring (bicyclic) bond motifs is 1. The van der Waals surface area contributed by atoms with Crippen LogP contribution in [-0.4, -0.2) is 11.8 Å². The Morgan fingerprint density at radius 2 is 2.14 bits per heavy atom. The Morgan fingerprint density at radius 3 is 2.86 bits per heavy atom. The van der Waals surface area contributed by atoms with E-state index >= 15 is 0 Å². The van der Waals surface area contributed by atoms with Gasteiger partial charge in [-0.3, -0.25) is 5.32 Å². The second kappa shape index (κ2) is 3.21. The standard InChI is InChI=1S/C12H15NO/c1-12(2)7-9-5-3-4-6-10(9)11(8-14)13-12/h3-6,8,11,13H,7H2,1-2H3. The number of hydrogen-bond acceptors (Lipinski definition) is 2. The molecule has 2 nitrogen and oxygen atoms in total. The van der Waals surface area contributed by atoms with E-state index in [1.807, 2.05) is 18.2 Å². The van der Waals surface area contributed by atoms with E-state index in [1.54, 1.807) is 0 Å². The quantitative estimate of drug-likeness (QED) is 0.683. The van der Waals surface area contributed by atoms with Gasteiger partial charge in [-0.1, -0.05) is 24.3 Å². The van der Waals surface area contributed by atoms with Crippen LogP contribution in [0.15, 0.2) is 24.3 Å². The van der Waals surface area contributed by atoms with Gasteiger partial charge in [-0.15, -0.1) is 0 Å². The van der Waals surface area contributed by atoms with Crippen molar-refractivity contribution in [3.05, 3.63) is 35.4 Å². The Labute approximate surface area is 84.3 Å². The summed E-state index contributed by atoms with van der Waals surface area (Å²) >= 11 is 0. The molecule has 0 bridgehead atoms. The minimum absolute atomic E-state index is 0.0138. The van der Waals surface area contributed by atoms with Crippen LogP contribution in [0.25, 0.3) is 0 Å². The van der Waals surface area contributed by atoms with Crippen molar-refractivity contribution < 1.29 is 4.79 Å². The molecule has 0 fully saturated rings. The fourth-order valence-electron chi connectivity index (χ4n) is 2.13. The highest BCUT2D eigenvalue weighted by Crippen LogP contribution is 2.28. The SMILES string of the molecule is CC1(C)Cc2ccccc2C(C=O)N1. The second-order valence-electron chi connectivity index (χ2n) is 4.52. The van der Waals surface area contributed by atoms with Crippen molar-refractivity contribution >= 4 is 6.29 Å². The summed E-state index contributed by atoms with van der Waals surface area (Å²) in [5.74, 6) is 0. The number of carbonyl (C=O) groups is 1. The summed E-state index contributed by atoms with van der Waals surface area (Å²) in [5, 5.41) is 3.33. The molecule has 1 aromatic rings. The van der Waals surface area contributed by atoms with Crippen LogP contribution >= 0.6 is 0 Å². The molecule has 0 aromatic heterocycles. The average molecular weight is 189 g/mol. The Kier molecular flexibility index (Phi) is 2.16. The van der Waals surface area contributed by atoms with Crippen molar-refractivity contribution in [3.8, 4) is 0 Å². The van der Waals surface area contributed by atoms with Gasteiger partial charge in [-0.2, -0.15) is 0 Å². The lowest BCUT2D eigenvalue weighted by Gasteiger charge is -2.36. The first-order chi connectivity index (χ1) is 6.62. The number of carbonyl (C=O) groups excluding carboxylic acids is 1. The van der Waals surface area contributed by atoms with E-state index in [4.69, 9.17) is 0 Å². The van der Waals surface area contributed by atoms with E-state index in [-0.39, 0.29) is 11.6 Å². The lowest BCUT2D eigenvalue weighted by molar-refractivity contribution is -0.110. The van der Waals surface area contributed by atoms with Crippen LogP contribution in [0.3, 0.4) is 0 Å². The minimum atomic E-state index is -0.144. The van der Waals surface area contributed by atoms with Crippen LogP contribution in [0.1, 0.15) is 31.0 Å². The molecule has 0 amide bonds. The van der Waals surface area contributed by atoms with E-state index in [9.17, 15) is 4.79 Å². The maximum absolute atomic E-state index is 10.9. The Morgan fingerprint density at radius 1 is 1.43 bits per heavy atom. The van der Waals surface area contributed by atoms with Crippen molar-refractivity contribution in [3.63, 3.8) is 0 Å². The minimum Gasteiger partial charge on any atom is -0.301 e. The molecule has 14 heavy (non-hydrogen) atoms. The third kappa shape index (κ3) is 1.58. The van der Waals surface area contributed by atoms with Crippen molar-refractivity contribution in [2.75, 3.05) is 0 Å². The molecule has 0 saturated heterocycles. The summed E-state index contributed by atoms with van der Waals surface area (Å²) in [6.07, 6.45) is 1.97. The predicted octanol–water partition coefficient (Wildman–Crippen LogP) is 1.85. The fraction of sp³-hybridized carbons (Fsp3) is 0.417. The van der Waals surface area contributed by atoms with E-state index in [2.05, 4.69) is 25.2 Å². The molecule has 74 valence electrons. The van der Waals surface area contributed by atoms with Crippen molar-refractivity contribution in [1.82, 2.24) is 5.32 Å². The third-order valence-electron chi connectivity index (χ3n) is 2.70. The largest absolute Gasteiger partial charge is 0.301 e. The molecule has 1 heterocycles. The van der Waals surface area contributed by atoms with Gasteiger partial charge < -0.3 is 4.79 Å². The summed E-state index contributed by atoms with van der Waals surface area (Å²) in [6.45, 7) is 4.25. The fourth-order valence-corrected chi connectivity index (χ4v) is 2.13. The average Bonchev–Trinajstić information content (AvgIpc) is 2.15. The number of rotatable bonds is 1. The Hall–Kier alpha value is -1.15. The summed E-state index contributed by atoms with van der Waals surface area (Å²) in [7, 11) is 0. The maximum atomic E-state index is 10.9. The number of hydrogen-bond donors (Lipinski definition) is 1. The first-order valence-electron chi connectivity index (χ1n) is 4.93. The molecule has 0 saturated carbocycles. The molecule has 0 radical (unpaired) electrons. The van der Waals surface area contributed by atoms with Crippen LogP contribution in [0.2, 0.25) is 0 Å². The molecule has 2 heteroatoms. The molecular weight excluding hydrogens is 174 g/mol. The highest BCUT2D eigenvalue weighted by Gasteiger charge is 2.30. The molecule has 0 spiro atoms. The topological polar surface area (TPSA) is 29.1 Å². The van der Waals surface area contributed by atoms with Gasteiger partial charge in [0.05, 0.1) is 6.04 Å². The molecule has 1 atom stereocenters. The number of aldehydes is 1. The molecule has 1 aliphatic rings. The van der Waals surface area contributed by atoms with E-state index in [0.29, 0.717) is 0 Å². The lowest BCUT2D eigenvalue weighted by atomic mass is 9.84. The van der Waals surface area contributed by atoms with Crippen LogP contribution < -0.4 is 5.32 Å². The van der Waals surface area contributed by atoms with Crippen LogP contribution in [0.5, 0.6) is 0 Å². The molecule has 2 rings (SSSR count). The zero-order valence-corrected chi connectivity index (χ0v) is 8.58. The molecule has 1 N–H and O–H groups in total. The van der Waals surface area contributed by atoms with Gasteiger partial charge in [0, 0.05) is 5.54 Å². The Bertz CT molecular complexity index is 357. The maximum Gasteiger partial charge on any atom is 0.141 e. The normalized spacial score (nSPS) is 24.0. The summed E-state index contributed by atoms with van der Waals surface area (Å²) in [4.78, 5) is 10.9.